The SMILES string of the molecule is O=C1C(=Cc2cccs2)N(CCO)S(=O)(=O)c2ccccc21. The van der Waals surface area contributed by atoms with Gasteiger partial charge in [-0.3, -0.25) is 9.10 Å². The van der Waals surface area contributed by atoms with E-state index in [9.17, 15) is 18.3 Å². The van der Waals surface area contributed by atoms with Crippen molar-refractivity contribution >= 4 is 33.2 Å². The van der Waals surface area contributed by atoms with E-state index in [4.69, 9.17) is 0 Å². The van der Waals surface area contributed by atoms with E-state index in [1.54, 1.807) is 24.3 Å². The average molecular weight is 335 g/mol. The molecule has 0 spiro atoms. The zero-order chi connectivity index (χ0) is 15.7. The van der Waals surface area contributed by atoms with Crippen molar-refractivity contribution in [2.45, 2.75) is 4.90 Å². The Hall–Kier alpha value is -1.96. The van der Waals surface area contributed by atoms with E-state index in [0.717, 1.165) is 9.18 Å². The summed E-state index contributed by atoms with van der Waals surface area (Å²) in [6.45, 7) is -0.518. The average Bonchev–Trinajstić information content (AvgIpc) is 3.02. The summed E-state index contributed by atoms with van der Waals surface area (Å²) in [6, 6.07) is 9.76. The molecule has 0 saturated carbocycles. The van der Waals surface area contributed by atoms with Gasteiger partial charge in [0.05, 0.1) is 18.0 Å². The molecule has 0 fully saturated rings. The summed E-state index contributed by atoms with van der Waals surface area (Å²) in [4.78, 5) is 13.4. The second-order valence-corrected chi connectivity index (χ2v) is 7.48. The Balaban J connectivity index is 2.23. The number of carbonyl (C=O) groups is 1. The summed E-state index contributed by atoms with van der Waals surface area (Å²) in [5.41, 5.74) is 0.231. The third-order valence-corrected chi connectivity index (χ3v) is 6.02. The number of carbonyl (C=O) groups excluding carboxylic acids is 1. The van der Waals surface area contributed by atoms with Gasteiger partial charge in [0, 0.05) is 10.4 Å². The maximum absolute atomic E-state index is 12.7. The van der Waals surface area contributed by atoms with E-state index < -0.39 is 10.0 Å². The van der Waals surface area contributed by atoms with Crippen molar-refractivity contribution < 1.29 is 18.3 Å². The van der Waals surface area contributed by atoms with E-state index in [1.165, 1.54) is 23.5 Å². The molecule has 0 unspecified atom stereocenters. The predicted octanol–water partition coefficient (Wildman–Crippen LogP) is 1.97. The molecule has 5 nitrogen and oxygen atoms in total. The standard InChI is InChI=1S/C15H13NO4S2/c17-8-7-16-13(10-11-4-3-9-21-11)15(18)12-5-1-2-6-14(12)22(16,19)20/h1-6,9-10,17H,7-8H2. The Morgan fingerprint density at radius 2 is 1.95 bits per heavy atom. The molecule has 114 valence electrons. The fourth-order valence-corrected chi connectivity index (χ4v) is 4.65. The maximum atomic E-state index is 12.7. The van der Waals surface area contributed by atoms with Crippen LogP contribution in [0.1, 0.15) is 15.2 Å². The van der Waals surface area contributed by atoms with Crippen molar-refractivity contribution in [3.63, 3.8) is 0 Å². The second-order valence-electron chi connectivity index (χ2n) is 4.67. The molecule has 0 aliphatic carbocycles. The number of fused-ring (bicyclic) bond motifs is 1. The van der Waals surface area contributed by atoms with Gasteiger partial charge in [0.1, 0.15) is 5.70 Å². The molecule has 0 radical (unpaired) electrons. The first-order valence-electron chi connectivity index (χ1n) is 6.58. The Kier molecular flexibility index (Phi) is 3.86. The minimum absolute atomic E-state index is 0.0169. The topological polar surface area (TPSA) is 74.7 Å². The lowest BCUT2D eigenvalue weighted by Crippen LogP contribution is -2.40. The molecule has 0 saturated heterocycles. The van der Waals surface area contributed by atoms with Gasteiger partial charge in [-0.2, -0.15) is 0 Å². The van der Waals surface area contributed by atoms with Crippen LogP contribution in [0.4, 0.5) is 0 Å². The van der Waals surface area contributed by atoms with Gasteiger partial charge in [0.15, 0.2) is 0 Å². The minimum atomic E-state index is -3.84. The zero-order valence-corrected chi connectivity index (χ0v) is 13.1. The van der Waals surface area contributed by atoms with Crippen molar-refractivity contribution in [2.24, 2.45) is 0 Å². The first kappa shape index (κ1) is 15.0. The molecular weight excluding hydrogens is 322 g/mol. The van der Waals surface area contributed by atoms with E-state index in [2.05, 4.69) is 0 Å². The quantitative estimate of drug-likeness (QED) is 0.870. The first-order chi connectivity index (χ1) is 10.6. The fourth-order valence-electron chi connectivity index (χ4n) is 2.36. The van der Waals surface area contributed by atoms with Gasteiger partial charge in [-0.05, 0) is 29.7 Å². The van der Waals surface area contributed by atoms with Crippen LogP contribution >= 0.6 is 11.3 Å². The molecule has 0 atom stereocenters. The molecule has 1 aliphatic heterocycles. The summed E-state index contributed by atoms with van der Waals surface area (Å²) in [5, 5.41) is 11.0. The summed E-state index contributed by atoms with van der Waals surface area (Å²) in [5.74, 6) is -0.354. The maximum Gasteiger partial charge on any atom is 0.265 e. The molecule has 1 aliphatic rings. The second kappa shape index (κ2) is 5.68. The lowest BCUT2D eigenvalue weighted by atomic mass is 10.1. The van der Waals surface area contributed by atoms with Gasteiger partial charge >= 0.3 is 0 Å². The zero-order valence-electron chi connectivity index (χ0n) is 11.5. The number of hydrogen-bond donors (Lipinski definition) is 1. The van der Waals surface area contributed by atoms with Crippen LogP contribution < -0.4 is 0 Å². The minimum Gasteiger partial charge on any atom is -0.394 e. The van der Waals surface area contributed by atoms with Crippen molar-refractivity contribution in [1.82, 2.24) is 4.31 Å². The van der Waals surface area contributed by atoms with Crippen LogP contribution in [0.3, 0.4) is 0 Å². The molecule has 22 heavy (non-hydrogen) atoms. The number of ketones is 1. The van der Waals surface area contributed by atoms with Crippen molar-refractivity contribution in [3.05, 3.63) is 57.9 Å². The third-order valence-electron chi connectivity index (χ3n) is 3.33. The van der Waals surface area contributed by atoms with Crippen LogP contribution in [-0.4, -0.2) is 36.8 Å². The van der Waals surface area contributed by atoms with Gasteiger partial charge in [0.2, 0.25) is 5.78 Å². The van der Waals surface area contributed by atoms with Gasteiger partial charge in [0.25, 0.3) is 10.0 Å². The molecule has 1 aromatic carbocycles. The van der Waals surface area contributed by atoms with Gasteiger partial charge in [-0.15, -0.1) is 11.3 Å². The number of Topliss-reactive ketones (excluding diaryl/α,β-unsaturated/α-hetero) is 1. The lowest BCUT2D eigenvalue weighted by Gasteiger charge is -2.30. The van der Waals surface area contributed by atoms with E-state index >= 15 is 0 Å². The Morgan fingerprint density at radius 1 is 1.18 bits per heavy atom. The molecule has 1 N–H and O–H groups in total. The number of thiophene rings is 1. The summed E-state index contributed by atoms with van der Waals surface area (Å²) in [7, 11) is -3.84. The van der Waals surface area contributed by atoms with Crippen molar-refractivity contribution in [3.8, 4) is 0 Å². The number of aliphatic hydroxyl groups excluding tert-OH is 1. The highest BCUT2D eigenvalue weighted by atomic mass is 32.2. The molecule has 2 heterocycles. The summed E-state index contributed by atoms with van der Waals surface area (Å²) < 4.78 is 26.4. The van der Waals surface area contributed by atoms with E-state index in [1.807, 2.05) is 11.4 Å². The third kappa shape index (κ3) is 2.37. The van der Waals surface area contributed by atoms with Gasteiger partial charge in [-0.1, -0.05) is 18.2 Å². The monoisotopic (exact) mass is 335 g/mol. The number of β-amino-alcohol motifs (C(OH)–C–C–N with tert-alkyl or cyclic N) is 1. The highest BCUT2D eigenvalue weighted by molar-refractivity contribution is 7.89. The Morgan fingerprint density at radius 3 is 2.64 bits per heavy atom. The molecule has 7 heteroatoms. The van der Waals surface area contributed by atoms with Crippen LogP contribution in [0, 0.1) is 0 Å². The van der Waals surface area contributed by atoms with Gasteiger partial charge < -0.3 is 5.11 Å². The number of allylic oxidation sites excluding steroid dienone is 1. The normalized spacial score (nSPS) is 18.5. The molecule has 2 aromatic rings. The van der Waals surface area contributed by atoms with Crippen LogP contribution in [0.2, 0.25) is 0 Å². The predicted molar refractivity (Wildman–Crippen MR) is 84.0 cm³/mol. The highest BCUT2D eigenvalue weighted by Gasteiger charge is 2.38. The van der Waals surface area contributed by atoms with Crippen molar-refractivity contribution in [1.29, 1.82) is 0 Å². The number of rotatable bonds is 3. The molecular formula is C15H13NO4S2. The molecule has 1 aromatic heterocycles. The van der Waals surface area contributed by atoms with Crippen LogP contribution in [0.5, 0.6) is 0 Å². The summed E-state index contributed by atoms with van der Waals surface area (Å²) in [6.07, 6.45) is 1.55. The number of sulfonamides is 1. The number of hydrogen-bond acceptors (Lipinski definition) is 5. The van der Waals surface area contributed by atoms with Gasteiger partial charge in [-0.25, -0.2) is 8.42 Å². The largest absolute Gasteiger partial charge is 0.394 e. The smallest absolute Gasteiger partial charge is 0.265 e. The van der Waals surface area contributed by atoms with Crippen LogP contribution in [0.15, 0.2) is 52.4 Å². The van der Waals surface area contributed by atoms with Crippen LogP contribution in [0.25, 0.3) is 6.08 Å². The molecule has 0 bridgehead atoms. The highest BCUT2D eigenvalue weighted by Crippen LogP contribution is 2.33. The Bertz CT molecular complexity index is 838. The summed E-state index contributed by atoms with van der Waals surface area (Å²) >= 11 is 1.41. The number of benzene rings is 1. The number of nitrogens with zero attached hydrogens (tertiary/aromatic N) is 1. The fraction of sp³-hybridized carbons (Fsp3) is 0.133. The molecule has 0 amide bonds. The number of aliphatic hydroxyl groups is 1. The Labute approximate surface area is 132 Å². The van der Waals surface area contributed by atoms with Crippen molar-refractivity contribution in [2.75, 3.05) is 13.2 Å². The first-order valence-corrected chi connectivity index (χ1v) is 8.90. The van der Waals surface area contributed by atoms with E-state index in [0.29, 0.717) is 0 Å². The lowest BCUT2D eigenvalue weighted by molar-refractivity contribution is 0.0998. The van der Waals surface area contributed by atoms with E-state index in [-0.39, 0.29) is 35.1 Å². The van der Waals surface area contributed by atoms with Crippen LogP contribution in [-0.2, 0) is 10.0 Å². The molecule has 3 rings (SSSR count).